The number of methoxy groups -OCH3 is 1. The van der Waals surface area contributed by atoms with E-state index in [1.54, 1.807) is 13.3 Å². The third-order valence-corrected chi connectivity index (χ3v) is 2.00. The molecule has 1 aliphatic heterocycles. The molecule has 1 aliphatic rings. The number of hydrogen-bond donors (Lipinski definition) is 0. The zero-order valence-corrected chi connectivity index (χ0v) is 8.90. The van der Waals surface area contributed by atoms with Crippen molar-refractivity contribution in [3.63, 3.8) is 0 Å². The van der Waals surface area contributed by atoms with Crippen LogP contribution < -0.4 is 0 Å². The van der Waals surface area contributed by atoms with Gasteiger partial charge in [0.15, 0.2) is 5.84 Å². The zero-order chi connectivity index (χ0) is 10.4. The van der Waals surface area contributed by atoms with E-state index in [1.807, 2.05) is 0 Å². The second-order valence-corrected chi connectivity index (χ2v) is 2.74. The third-order valence-electron chi connectivity index (χ3n) is 2.00. The molecule has 0 saturated carbocycles. The molecule has 0 unspecified atom stereocenters. The summed E-state index contributed by atoms with van der Waals surface area (Å²) >= 11 is 0. The Bertz CT molecular complexity index is 266. The number of amidine groups is 1. The fourth-order valence-electron chi connectivity index (χ4n) is 1.26. The van der Waals surface area contributed by atoms with Crippen LogP contribution in [0.25, 0.3) is 0 Å². The van der Waals surface area contributed by atoms with Crippen molar-refractivity contribution in [3.8, 4) is 0 Å². The second-order valence-electron chi connectivity index (χ2n) is 2.74. The van der Waals surface area contributed by atoms with Gasteiger partial charge in [-0.15, -0.1) is 5.10 Å². The van der Waals surface area contributed by atoms with Crippen LogP contribution >= 0.6 is 0 Å². The Balaban J connectivity index is 2.88. The normalized spacial score (nSPS) is 15.6. The van der Waals surface area contributed by atoms with Crippen molar-refractivity contribution in [2.45, 2.75) is 13.8 Å². The minimum absolute atomic E-state index is 0.488. The first-order valence-electron chi connectivity index (χ1n) is 4.76. The van der Waals surface area contributed by atoms with Crippen LogP contribution in [0.1, 0.15) is 13.8 Å². The molecule has 0 amide bonds. The Kier molecular flexibility index (Phi) is 4.10. The molecule has 5 nitrogen and oxygen atoms in total. The maximum absolute atomic E-state index is 5.13. The summed E-state index contributed by atoms with van der Waals surface area (Å²) in [5, 5.41) is 7.75. The first kappa shape index (κ1) is 10.7. The lowest BCUT2D eigenvalue weighted by molar-refractivity contribution is 0.392. The lowest BCUT2D eigenvalue weighted by Gasteiger charge is -2.21. The van der Waals surface area contributed by atoms with Gasteiger partial charge in [0.25, 0.3) is 5.90 Å². The summed E-state index contributed by atoms with van der Waals surface area (Å²) in [6.07, 6.45) is 1.66. The van der Waals surface area contributed by atoms with Crippen molar-refractivity contribution in [2.75, 3.05) is 26.7 Å². The molecule has 0 radical (unpaired) electrons. The Morgan fingerprint density at radius 2 is 2.14 bits per heavy atom. The zero-order valence-electron chi connectivity index (χ0n) is 8.90. The molecule has 0 aromatic heterocycles. The quantitative estimate of drug-likeness (QED) is 0.655. The minimum Gasteiger partial charge on any atom is -0.477 e. The minimum atomic E-state index is 0.488. The van der Waals surface area contributed by atoms with Gasteiger partial charge in [-0.2, -0.15) is 5.10 Å². The highest BCUT2D eigenvalue weighted by molar-refractivity contribution is 6.38. The van der Waals surface area contributed by atoms with Crippen molar-refractivity contribution in [2.24, 2.45) is 15.2 Å². The maximum Gasteiger partial charge on any atom is 0.276 e. The number of likely N-dealkylation sites (N-methyl/N-ethyl adjacent to an activating group) is 1. The topological polar surface area (TPSA) is 49.5 Å². The number of rotatable bonds is 2. The van der Waals surface area contributed by atoms with E-state index in [0.29, 0.717) is 12.4 Å². The van der Waals surface area contributed by atoms with Crippen molar-refractivity contribution in [1.29, 1.82) is 0 Å². The van der Waals surface area contributed by atoms with Crippen molar-refractivity contribution >= 4 is 17.9 Å². The van der Waals surface area contributed by atoms with Crippen LogP contribution in [0.3, 0.4) is 0 Å². The molecule has 0 saturated heterocycles. The van der Waals surface area contributed by atoms with Gasteiger partial charge >= 0.3 is 0 Å². The smallest absolute Gasteiger partial charge is 0.276 e. The van der Waals surface area contributed by atoms with E-state index in [2.05, 4.69) is 33.9 Å². The Hall–Kier alpha value is -1.39. The molecule has 78 valence electrons. The highest BCUT2D eigenvalue weighted by atomic mass is 16.5. The molecule has 1 heterocycles. The Labute approximate surface area is 84.2 Å². The molecular weight excluding hydrogens is 180 g/mol. The molecule has 0 aromatic carbocycles. The monoisotopic (exact) mass is 196 g/mol. The van der Waals surface area contributed by atoms with Crippen LogP contribution in [-0.4, -0.2) is 49.6 Å². The number of aliphatic imine (C=N–C) groups is 1. The molecule has 0 bridgehead atoms. The SMILES string of the molecule is CCN(CC)C1=NCC=NN=C1OC. The van der Waals surface area contributed by atoms with E-state index < -0.39 is 0 Å². The summed E-state index contributed by atoms with van der Waals surface area (Å²) in [7, 11) is 1.58. The molecule has 14 heavy (non-hydrogen) atoms. The molecule has 0 fully saturated rings. The average molecular weight is 196 g/mol. The van der Waals surface area contributed by atoms with E-state index in [-0.39, 0.29) is 0 Å². The van der Waals surface area contributed by atoms with Crippen LogP contribution in [0, 0.1) is 0 Å². The molecule has 0 N–H and O–H groups in total. The first-order valence-corrected chi connectivity index (χ1v) is 4.76. The van der Waals surface area contributed by atoms with Gasteiger partial charge in [0, 0.05) is 19.3 Å². The lowest BCUT2D eigenvalue weighted by atomic mass is 10.4. The fraction of sp³-hybridized carbons (Fsp3) is 0.667. The van der Waals surface area contributed by atoms with Crippen molar-refractivity contribution in [1.82, 2.24) is 4.90 Å². The average Bonchev–Trinajstić information content (AvgIpc) is 2.45. The van der Waals surface area contributed by atoms with Gasteiger partial charge in [0.05, 0.1) is 13.7 Å². The highest BCUT2D eigenvalue weighted by Crippen LogP contribution is 1.99. The van der Waals surface area contributed by atoms with E-state index in [1.165, 1.54) is 0 Å². The standard InChI is InChI=1S/C9H16N4O/c1-4-13(5-2)8-9(14-3)12-11-7-6-10-8/h7H,4-6H2,1-3H3. The summed E-state index contributed by atoms with van der Waals surface area (Å²) in [5.41, 5.74) is 0. The molecule has 0 spiro atoms. The summed E-state index contributed by atoms with van der Waals surface area (Å²) in [4.78, 5) is 6.45. The van der Waals surface area contributed by atoms with Gasteiger partial charge in [-0.1, -0.05) is 0 Å². The van der Waals surface area contributed by atoms with Gasteiger partial charge in [0.2, 0.25) is 0 Å². The van der Waals surface area contributed by atoms with Gasteiger partial charge in [-0.05, 0) is 13.8 Å². The van der Waals surface area contributed by atoms with Crippen molar-refractivity contribution < 1.29 is 4.74 Å². The third kappa shape index (κ3) is 2.31. The number of ether oxygens (including phenoxy) is 1. The van der Waals surface area contributed by atoms with Gasteiger partial charge in [-0.25, -0.2) is 0 Å². The Morgan fingerprint density at radius 3 is 2.71 bits per heavy atom. The summed E-state index contributed by atoms with van der Waals surface area (Å²) in [6.45, 7) is 6.48. The van der Waals surface area contributed by atoms with Crippen molar-refractivity contribution in [3.05, 3.63) is 0 Å². The van der Waals surface area contributed by atoms with E-state index in [0.717, 1.165) is 18.9 Å². The number of nitrogens with zero attached hydrogens (tertiary/aromatic N) is 4. The molecule has 0 aliphatic carbocycles. The van der Waals surface area contributed by atoms with Crippen LogP contribution in [0.4, 0.5) is 0 Å². The molecule has 0 atom stereocenters. The Morgan fingerprint density at radius 1 is 1.43 bits per heavy atom. The summed E-state index contributed by atoms with van der Waals surface area (Å²) in [6, 6.07) is 0. The first-order chi connectivity index (χ1) is 6.83. The largest absolute Gasteiger partial charge is 0.477 e. The second kappa shape index (κ2) is 5.36. The predicted molar refractivity (Wildman–Crippen MR) is 58.2 cm³/mol. The van der Waals surface area contributed by atoms with E-state index in [4.69, 9.17) is 4.74 Å². The molecule has 0 aromatic rings. The van der Waals surface area contributed by atoms with E-state index >= 15 is 0 Å². The van der Waals surface area contributed by atoms with Crippen LogP contribution in [0.2, 0.25) is 0 Å². The predicted octanol–water partition coefficient (Wildman–Crippen LogP) is 0.771. The van der Waals surface area contributed by atoms with Gasteiger partial charge in [0.1, 0.15) is 0 Å². The highest BCUT2D eigenvalue weighted by Gasteiger charge is 2.16. The maximum atomic E-state index is 5.13. The lowest BCUT2D eigenvalue weighted by Crippen LogP contribution is -2.37. The van der Waals surface area contributed by atoms with Gasteiger partial charge < -0.3 is 9.64 Å². The van der Waals surface area contributed by atoms with E-state index in [9.17, 15) is 0 Å². The number of hydrogen-bond acceptors (Lipinski definition) is 5. The molecular formula is C9H16N4O. The molecule has 5 heteroatoms. The van der Waals surface area contributed by atoms with Crippen LogP contribution in [0.5, 0.6) is 0 Å². The van der Waals surface area contributed by atoms with Crippen LogP contribution in [-0.2, 0) is 4.74 Å². The fourth-order valence-corrected chi connectivity index (χ4v) is 1.26. The summed E-state index contributed by atoms with van der Waals surface area (Å²) < 4.78 is 5.13. The summed E-state index contributed by atoms with van der Waals surface area (Å²) in [5.74, 6) is 1.28. The van der Waals surface area contributed by atoms with Gasteiger partial charge in [-0.3, -0.25) is 4.99 Å². The van der Waals surface area contributed by atoms with Crippen LogP contribution in [0.15, 0.2) is 15.2 Å². The molecule has 1 rings (SSSR count).